The van der Waals surface area contributed by atoms with E-state index in [9.17, 15) is 13.2 Å². The predicted molar refractivity (Wildman–Crippen MR) is 72.9 cm³/mol. The van der Waals surface area contributed by atoms with Crippen molar-refractivity contribution in [3.63, 3.8) is 0 Å². The Morgan fingerprint density at radius 2 is 1.50 bits per heavy atom. The van der Waals surface area contributed by atoms with Gasteiger partial charge < -0.3 is 0 Å². The van der Waals surface area contributed by atoms with Crippen LogP contribution in [0.1, 0.15) is 46.4 Å². The standard InChI is InChI=1S/C13H19F3N6/c1-11(2,21-9-17-10(20-21)13(14,15)16)5-6-12(3,4)22-18-7-8-19-22/h7-9H,5-6H2,1-4H3. The zero-order valence-corrected chi connectivity index (χ0v) is 13.0. The summed E-state index contributed by atoms with van der Waals surface area (Å²) in [5.41, 5.74) is -0.935. The van der Waals surface area contributed by atoms with Gasteiger partial charge >= 0.3 is 6.18 Å². The molecule has 9 heteroatoms. The molecule has 2 aromatic rings. The van der Waals surface area contributed by atoms with Gasteiger partial charge in [0.05, 0.1) is 23.5 Å². The van der Waals surface area contributed by atoms with Gasteiger partial charge in [0, 0.05) is 0 Å². The molecule has 0 unspecified atom stereocenters. The lowest BCUT2D eigenvalue weighted by Crippen LogP contribution is -2.34. The second kappa shape index (κ2) is 5.36. The molecule has 0 bridgehead atoms. The van der Waals surface area contributed by atoms with Crippen LogP contribution in [-0.2, 0) is 17.3 Å². The largest absolute Gasteiger partial charge is 0.453 e. The molecule has 0 N–H and O–H groups in total. The maximum absolute atomic E-state index is 12.6. The van der Waals surface area contributed by atoms with E-state index in [2.05, 4.69) is 20.3 Å². The number of alkyl halides is 3. The normalized spacial score (nSPS) is 13.6. The molecule has 0 aliphatic rings. The van der Waals surface area contributed by atoms with Crippen LogP contribution in [0.5, 0.6) is 0 Å². The smallest absolute Gasteiger partial charge is 0.247 e. The molecule has 0 aliphatic carbocycles. The van der Waals surface area contributed by atoms with Gasteiger partial charge in [-0.3, -0.25) is 0 Å². The number of aromatic nitrogens is 6. The van der Waals surface area contributed by atoms with Gasteiger partial charge in [-0.05, 0) is 40.5 Å². The summed E-state index contributed by atoms with van der Waals surface area (Å²) < 4.78 is 39.0. The summed E-state index contributed by atoms with van der Waals surface area (Å²) in [6, 6.07) is 0. The maximum atomic E-state index is 12.6. The minimum absolute atomic E-state index is 0.339. The van der Waals surface area contributed by atoms with Gasteiger partial charge in [-0.15, -0.1) is 5.10 Å². The lowest BCUT2D eigenvalue weighted by Gasteiger charge is -2.30. The third-order valence-corrected chi connectivity index (χ3v) is 3.67. The third-order valence-electron chi connectivity index (χ3n) is 3.67. The Balaban J connectivity index is 2.09. The molecule has 0 aliphatic heterocycles. The number of rotatable bonds is 5. The van der Waals surface area contributed by atoms with Gasteiger partial charge in [0.2, 0.25) is 0 Å². The predicted octanol–water partition coefficient (Wildman–Crippen LogP) is 2.84. The van der Waals surface area contributed by atoms with E-state index in [-0.39, 0.29) is 5.54 Å². The van der Waals surface area contributed by atoms with Crippen molar-refractivity contribution < 1.29 is 13.2 Å². The first kappa shape index (κ1) is 16.4. The first-order valence-electron chi connectivity index (χ1n) is 6.88. The highest BCUT2D eigenvalue weighted by atomic mass is 19.4. The Hall–Kier alpha value is -1.93. The molecule has 2 aromatic heterocycles. The fraction of sp³-hybridized carbons (Fsp3) is 0.692. The fourth-order valence-corrected chi connectivity index (χ4v) is 2.04. The number of halogens is 3. The van der Waals surface area contributed by atoms with Gasteiger partial charge in [-0.2, -0.15) is 28.2 Å². The van der Waals surface area contributed by atoms with E-state index in [0.717, 1.165) is 6.33 Å². The molecule has 0 saturated heterocycles. The Morgan fingerprint density at radius 3 is 2.00 bits per heavy atom. The van der Waals surface area contributed by atoms with E-state index in [0.29, 0.717) is 12.8 Å². The maximum Gasteiger partial charge on any atom is 0.453 e. The lowest BCUT2D eigenvalue weighted by molar-refractivity contribution is -0.145. The minimum Gasteiger partial charge on any atom is -0.247 e. The van der Waals surface area contributed by atoms with Crippen LogP contribution < -0.4 is 0 Å². The first-order valence-corrected chi connectivity index (χ1v) is 6.88. The number of nitrogens with zero attached hydrogens (tertiary/aromatic N) is 6. The monoisotopic (exact) mass is 316 g/mol. The van der Waals surface area contributed by atoms with Crippen molar-refractivity contribution in [2.24, 2.45) is 0 Å². The van der Waals surface area contributed by atoms with Crippen LogP contribution in [0.2, 0.25) is 0 Å². The Labute approximate surface area is 126 Å². The summed E-state index contributed by atoms with van der Waals surface area (Å²) in [7, 11) is 0. The summed E-state index contributed by atoms with van der Waals surface area (Å²) in [5.74, 6) is -1.12. The van der Waals surface area contributed by atoms with Gasteiger partial charge in [-0.25, -0.2) is 9.67 Å². The van der Waals surface area contributed by atoms with Crippen LogP contribution >= 0.6 is 0 Å². The van der Waals surface area contributed by atoms with Crippen LogP contribution in [0.3, 0.4) is 0 Å². The highest BCUT2D eigenvalue weighted by molar-refractivity contribution is 4.91. The molecule has 0 aromatic carbocycles. The average molecular weight is 316 g/mol. The topological polar surface area (TPSA) is 61.4 Å². The summed E-state index contributed by atoms with van der Waals surface area (Å²) in [6.45, 7) is 7.61. The Morgan fingerprint density at radius 1 is 0.955 bits per heavy atom. The lowest BCUT2D eigenvalue weighted by atomic mass is 9.90. The average Bonchev–Trinajstić information content (AvgIpc) is 3.07. The molecule has 22 heavy (non-hydrogen) atoms. The third kappa shape index (κ3) is 3.45. The van der Waals surface area contributed by atoms with Crippen LogP contribution in [0.4, 0.5) is 13.2 Å². The molecule has 6 nitrogen and oxygen atoms in total. The van der Waals surface area contributed by atoms with Crippen LogP contribution in [-0.4, -0.2) is 29.8 Å². The molecule has 0 spiro atoms. The molecule has 0 atom stereocenters. The molecular formula is C13H19F3N6. The van der Waals surface area contributed by atoms with Crippen molar-refractivity contribution in [2.75, 3.05) is 0 Å². The molecule has 122 valence electrons. The SMILES string of the molecule is CC(C)(CCC(C)(C)n1nccn1)n1cnc(C(F)(F)F)n1. The van der Waals surface area contributed by atoms with E-state index >= 15 is 0 Å². The van der Waals surface area contributed by atoms with Gasteiger partial charge in [0.25, 0.3) is 5.82 Å². The van der Waals surface area contributed by atoms with E-state index in [4.69, 9.17) is 0 Å². The second-order valence-electron chi connectivity index (χ2n) is 6.45. The number of hydrogen-bond donors (Lipinski definition) is 0. The summed E-state index contributed by atoms with van der Waals surface area (Å²) in [5, 5.41) is 11.8. The van der Waals surface area contributed by atoms with Crippen LogP contribution in [0, 0.1) is 0 Å². The summed E-state index contributed by atoms with van der Waals surface area (Å²) >= 11 is 0. The first-order chi connectivity index (χ1) is 10.0. The molecule has 2 rings (SSSR count). The van der Waals surface area contributed by atoms with Crippen molar-refractivity contribution in [3.05, 3.63) is 24.5 Å². The molecular weight excluding hydrogens is 297 g/mol. The molecule has 0 saturated carbocycles. The molecule has 0 fully saturated rings. The van der Waals surface area contributed by atoms with Gasteiger partial charge in [-0.1, -0.05) is 0 Å². The fourth-order valence-electron chi connectivity index (χ4n) is 2.04. The van der Waals surface area contributed by atoms with Crippen LogP contribution in [0.15, 0.2) is 18.7 Å². The van der Waals surface area contributed by atoms with E-state index in [1.165, 1.54) is 4.68 Å². The van der Waals surface area contributed by atoms with E-state index in [1.807, 2.05) is 27.7 Å². The van der Waals surface area contributed by atoms with Crippen LogP contribution in [0.25, 0.3) is 0 Å². The van der Waals surface area contributed by atoms with Crippen molar-refractivity contribution in [1.29, 1.82) is 0 Å². The Bertz CT molecular complexity index is 612. The number of hydrogen-bond acceptors (Lipinski definition) is 4. The summed E-state index contributed by atoms with van der Waals surface area (Å²) in [4.78, 5) is 4.95. The highest BCUT2D eigenvalue weighted by Gasteiger charge is 2.37. The highest BCUT2D eigenvalue weighted by Crippen LogP contribution is 2.30. The van der Waals surface area contributed by atoms with Crippen molar-refractivity contribution in [1.82, 2.24) is 29.8 Å². The summed E-state index contributed by atoms with van der Waals surface area (Å²) in [6.07, 6.45) is 1.07. The molecule has 2 heterocycles. The zero-order chi connectivity index (χ0) is 16.6. The molecule has 0 amide bonds. The van der Waals surface area contributed by atoms with E-state index in [1.54, 1.807) is 17.2 Å². The Kier molecular flexibility index (Phi) is 4.01. The minimum atomic E-state index is -4.53. The second-order valence-corrected chi connectivity index (χ2v) is 6.45. The van der Waals surface area contributed by atoms with Crippen molar-refractivity contribution in [3.8, 4) is 0 Å². The quantitative estimate of drug-likeness (QED) is 0.851. The molecule has 0 radical (unpaired) electrons. The zero-order valence-electron chi connectivity index (χ0n) is 13.0. The van der Waals surface area contributed by atoms with Gasteiger partial charge in [0.1, 0.15) is 6.33 Å². The van der Waals surface area contributed by atoms with E-state index < -0.39 is 17.5 Å². The van der Waals surface area contributed by atoms with Crippen molar-refractivity contribution >= 4 is 0 Å². The van der Waals surface area contributed by atoms with Crippen molar-refractivity contribution in [2.45, 2.75) is 57.8 Å². The van der Waals surface area contributed by atoms with Gasteiger partial charge in [0.15, 0.2) is 0 Å².